The van der Waals surface area contributed by atoms with Gasteiger partial charge in [0.1, 0.15) is 6.54 Å². The van der Waals surface area contributed by atoms with Crippen molar-refractivity contribution in [3.8, 4) is 0 Å². The van der Waals surface area contributed by atoms with E-state index in [9.17, 15) is 4.79 Å². The number of guanidine groups is 1. The highest BCUT2D eigenvalue weighted by Gasteiger charge is 2.41. The van der Waals surface area contributed by atoms with Gasteiger partial charge in [-0.25, -0.2) is 4.99 Å². The number of rotatable bonds is 4. The summed E-state index contributed by atoms with van der Waals surface area (Å²) in [6, 6.07) is 3.62. The van der Waals surface area contributed by atoms with Gasteiger partial charge >= 0.3 is 0 Å². The zero-order valence-electron chi connectivity index (χ0n) is 14.4. The molecule has 130 valence electrons. The minimum Gasteiger partial charge on any atom is -0.357 e. The minimum atomic E-state index is -0.117. The molecule has 2 fully saturated rings. The average molecular weight is 329 g/mol. The van der Waals surface area contributed by atoms with Gasteiger partial charge in [0, 0.05) is 25.8 Å². The van der Waals surface area contributed by atoms with Crippen LogP contribution >= 0.6 is 0 Å². The van der Waals surface area contributed by atoms with Gasteiger partial charge in [0.15, 0.2) is 5.96 Å². The number of amides is 1. The predicted octanol–water partition coefficient (Wildman–Crippen LogP) is 2.25. The van der Waals surface area contributed by atoms with E-state index in [0.717, 1.165) is 25.6 Å². The van der Waals surface area contributed by atoms with Crippen LogP contribution in [0.4, 0.5) is 5.69 Å². The van der Waals surface area contributed by atoms with E-state index in [0.29, 0.717) is 11.1 Å². The smallest absolute Gasteiger partial charge is 0.246 e. The average Bonchev–Trinajstić information content (AvgIpc) is 3.23. The zero-order valence-corrected chi connectivity index (χ0v) is 14.4. The number of hydrogen-bond donors (Lipinski definition) is 2. The third kappa shape index (κ3) is 4.04. The molecular weight excluding hydrogens is 302 g/mol. The Kier molecular flexibility index (Phi) is 5.33. The summed E-state index contributed by atoms with van der Waals surface area (Å²) >= 11 is 0. The number of carbonyl (C=O) groups is 1. The molecule has 0 aromatic carbocycles. The van der Waals surface area contributed by atoms with E-state index in [-0.39, 0.29) is 12.5 Å². The van der Waals surface area contributed by atoms with Gasteiger partial charge in [-0.1, -0.05) is 12.8 Å². The number of pyridine rings is 1. The molecule has 1 aromatic rings. The first-order valence-corrected chi connectivity index (χ1v) is 8.94. The molecule has 1 spiro atoms. The maximum Gasteiger partial charge on any atom is 0.246 e. The van der Waals surface area contributed by atoms with Crippen molar-refractivity contribution < 1.29 is 4.79 Å². The summed E-state index contributed by atoms with van der Waals surface area (Å²) in [5, 5.41) is 6.16. The number of carbonyl (C=O) groups excluding carboxylic acids is 1. The van der Waals surface area contributed by atoms with E-state index in [1.54, 1.807) is 18.5 Å². The van der Waals surface area contributed by atoms with Crippen LogP contribution in [0.1, 0.15) is 39.0 Å². The molecule has 0 radical (unpaired) electrons. The molecule has 6 nitrogen and oxygen atoms in total. The number of nitrogens with zero attached hydrogens (tertiary/aromatic N) is 3. The molecule has 1 aromatic heterocycles. The molecule has 0 unspecified atom stereocenters. The molecule has 1 aliphatic carbocycles. The van der Waals surface area contributed by atoms with Gasteiger partial charge in [-0.15, -0.1) is 0 Å². The van der Waals surface area contributed by atoms with Crippen molar-refractivity contribution >= 4 is 17.6 Å². The Bertz CT molecular complexity index is 580. The van der Waals surface area contributed by atoms with E-state index >= 15 is 0 Å². The molecule has 1 amide bonds. The summed E-state index contributed by atoms with van der Waals surface area (Å²) < 4.78 is 0. The lowest BCUT2D eigenvalue weighted by Crippen LogP contribution is -2.41. The largest absolute Gasteiger partial charge is 0.357 e. The van der Waals surface area contributed by atoms with Gasteiger partial charge in [-0.3, -0.25) is 9.78 Å². The molecule has 1 saturated heterocycles. The monoisotopic (exact) mass is 329 g/mol. The molecule has 1 aliphatic heterocycles. The molecule has 0 bridgehead atoms. The first-order chi connectivity index (χ1) is 11.7. The second-order valence-electron chi connectivity index (χ2n) is 6.84. The molecule has 3 rings (SSSR count). The van der Waals surface area contributed by atoms with Crippen LogP contribution in [0.15, 0.2) is 29.5 Å². The van der Waals surface area contributed by atoms with Crippen LogP contribution < -0.4 is 10.6 Å². The maximum atomic E-state index is 12.1. The third-order valence-corrected chi connectivity index (χ3v) is 5.05. The van der Waals surface area contributed by atoms with Crippen LogP contribution in [-0.2, 0) is 4.79 Å². The topological polar surface area (TPSA) is 69.6 Å². The van der Waals surface area contributed by atoms with Crippen LogP contribution in [0, 0.1) is 5.41 Å². The number of likely N-dealkylation sites (tertiary alicyclic amines) is 1. The van der Waals surface area contributed by atoms with Gasteiger partial charge in [-0.05, 0) is 43.7 Å². The maximum absolute atomic E-state index is 12.1. The lowest BCUT2D eigenvalue weighted by molar-refractivity contribution is -0.114. The second kappa shape index (κ2) is 7.64. The van der Waals surface area contributed by atoms with Crippen LogP contribution in [0.25, 0.3) is 0 Å². The van der Waals surface area contributed by atoms with Crippen molar-refractivity contribution in [3.63, 3.8) is 0 Å². The van der Waals surface area contributed by atoms with E-state index in [2.05, 4.69) is 32.4 Å². The molecule has 6 heteroatoms. The first kappa shape index (κ1) is 16.7. The van der Waals surface area contributed by atoms with Gasteiger partial charge in [-0.2, -0.15) is 0 Å². The fraction of sp³-hybridized carbons (Fsp3) is 0.611. The lowest BCUT2D eigenvalue weighted by Gasteiger charge is -2.25. The quantitative estimate of drug-likeness (QED) is 0.657. The number of nitrogens with one attached hydrogen (secondary N) is 2. The minimum absolute atomic E-state index is 0.117. The van der Waals surface area contributed by atoms with Crippen molar-refractivity contribution in [2.45, 2.75) is 39.0 Å². The lowest BCUT2D eigenvalue weighted by atomic mass is 9.86. The molecule has 2 heterocycles. The Morgan fingerprint density at radius 2 is 2.21 bits per heavy atom. The van der Waals surface area contributed by atoms with E-state index in [1.165, 1.54) is 32.1 Å². The van der Waals surface area contributed by atoms with Crippen molar-refractivity contribution in [1.82, 2.24) is 15.2 Å². The van der Waals surface area contributed by atoms with Crippen molar-refractivity contribution in [3.05, 3.63) is 24.5 Å². The summed E-state index contributed by atoms with van der Waals surface area (Å²) in [4.78, 5) is 23.0. The normalized spacial score (nSPS) is 19.7. The summed E-state index contributed by atoms with van der Waals surface area (Å²) in [6.07, 6.45) is 9.96. The fourth-order valence-corrected chi connectivity index (χ4v) is 3.86. The number of aliphatic imine (C=N–C) groups is 1. The standard InChI is InChI=1S/C18H27N5O/c1-2-20-17(23-11-9-18(14-23)7-3-4-8-18)21-13-16(24)22-15-6-5-10-19-12-15/h5-6,10,12H,2-4,7-9,11,13-14H2,1H3,(H,20,21)(H,22,24). The summed E-state index contributed by atoms with van der Waals surface area (Å²) in [6.45, 7) is 5.11. The Balaban J connectivity index is 1.58. The van der Waals surface area contributed by atoms with Crippen LogP contribution in [0.2, 0.25) is 0 Å². The molecule has 2 aliphatic rings. The van der Waals surface area contributed by atoms with Gasteiger partial charge in [0.05, 0.1) is 11.9 Å². The molecule has 2 N–H and O–H groups in total. The Labute approximate surface area is 143 Å². The van der Waals surface area contributed by atoms with Crippen molar-refractivity contribution in [2.75, 3.05) is 31.5 Å². The van der Waals surface area contributed by atoms with Gasteiger partial charge in [0.25, 0.3) is 0 Å². The van der Waals surface area contributed by atoms with E-state index in [4.69, 9.17) is 0 Å². The van der Waals surface area contributed by atoms with Crippen LogP contribution in [0.3, 0.4) is 0 Å². The Hall–Kier alpha value is -2.11. The van der Waals surface area contributed by atoms with Gasteiger partial charge < -0.3 is 15.5 Å². The molecule has 0 atom stereocenters. The Morgan fingerprint density at radius 3 is 2.92 bits per heavy atom. The first-order valence-electron chi connectivity index (χ1n) is 8.94. The summed E-state index contributed by atoms with van der Waals surface area (Å²) in [5.41, 5.74) is 1.20. The zero-order chi connectivity index (χ0) is 16.8. The Morgan fingerprint density at radius 1 is 1.38 bits per heavy atom. The molecular formula is C18H27N5O. The van der Waals surface area contributed by atoms with E-state index in [1.807, 2.05) is 6.07 Å². The SMILES string of the molecule is CCNC(=NCC(=O)Nc1cccnc1)N1CCC2(CCCC2)C1. The third-order valence-electron chi connectivity index (χ3n) is 5.05. The predicted molar refractivity (Wildman–Crippen MR) is 95.9 cm³/mol. The highest BCUT2D eigenvalue weighted by atomic mass is 16.1. The van der Waals surface area contributed by atoms with Crippen LogP contribution in [0.5, 0.6) is 0 Å². The van der Waals surface area contributed by atoms with Gasteiger partial charge in [0.2, 0.25) is 5.91 Å². The highest BCUT2D eigenvalue weighted by molar-refractivity contribution is 5.94. The summed E-state index contributed by atoms with van der Waals surface area (Å²) in [7, 11) is 0. The molecule has 24 heavy (non-hydrogen) atoms. The number of hydrogen-bond acceptors (Lipinski definition) is 3. The van der Waals surface area contributed by atoms with Crippen molar-refractivity contribution in [1.29, 1.82) is 0 Å². The van der Waals surface area contributed by atoms with Crippen molar-refractivity contribution in [2.24, 2.45) is 10.4 Å². The highest BCUT2D eigenvalue weighted by Crippen LogP contribution is 2.45. The summed E-state index contributed by atoms with van der Waals surface area (Å²) in [5.74, 6) is 0.746. The second-order valence-corrected chi connectivity index (χ2v) is 6.84. The number of anilines is 1. The fourth-order valence-electron chi connectivity index (χ4n) is 3.86. The molecule has 1 saturated carbocycles. The van der Waals surface area contributed by atoms with E-state index < -0.39 is 0 Å². The van der Waals surface area contributed by atoms with Crippen LogP contribution in [-0.4, -0.2) is 47.9 Å². The number of aromatic nitrogens is 1.